The van der Waals surface area contributed by atoms with Gasteiger partial charge in [-0.25, -0.2) is 9.97 Å². The van der Waals surface area contributed by atoms with E-state index < -0.39 is 10.8 Å². The minimum Gasteiger partial charge on any atom is -0.378 e. The summed E-state index contributed by atoms with van der Waals surface area (Å²) in [6.07, 6.45) is 1.23. The maximum absolute atomic E-state index is 13.2. The summed E-state index contributed by atoms with van der Waals surface area (Å²) in [4.78, 5) is 34.3. The van der Waals surface area contributed by atoms with Crippen LogP contribution in [-0.4, -0.2) is 47.1 Å². The number of benzene rings is 2. The lowest BCUT2D eigenvalue weighted by Gasteiger charge is -2.27. The van der Waals surface area contributed by atoms with Crippen LogP contribution in [0.1, 0.15) is 17.0 Å². The lowest BCUT2D eigenvalue weighted by atomic mass is 9.91. The molecule has 0 unspecified atom stereocenters. The summed E-state index contributed by atoms with van der Waals surface area (Å²) in [6, 6.07) is 18.6. The largest absolute Gasteiger partial charge is 0.378 e. The third-order valence-electron chi connectivity index (χ3n) is 5.13. The lowest BCUT2D eigenvalue weighted by Crippen LogP contribution is -2.38. The smallest absolute Gasteiger partial charge is 0.355 e. The number of morpholine rings is 1. The van der Waals surface area contributed by atoms with Crippen molar-refractivity contribution in [2.75, 3.05) is 36.6 Å². The molecular formula is C22H22N6O4. The van der Waals surface area contributed by atoms with Crippen LogP contribution in [0, 0.1) is 10.1 Å². The molecule has 2 heterocycles. The first-order valence-corrected chi connectivity index (χ1v) is 10.1. The number of hydrogen-bond acceptors (Lipinski definition) is 8. The molecule has 1 amide bonds. The number of aromatic nitrogens is 2. The van der Waals surface area contributed by atoms with Gasteiger partial charge in [0, 0.05) is 13.1 Å². The monoisotopic (exact) mass is 434 g/mol. The van der Waals surface area contributed by atoms with Gasteiger partial charge in [-0.05, 0) is 11.1 Å². The van der Waals surface area contributed by atoms with Gasteiger partial charge < -0.3 is 9.64 Å². The number of hydrogen-bond donors (Lipinski definition) is 2. The molecular weight excluding hydrogens is 412 g/mol. The highest BCUT2D eigenvalue weighted by atomic mass is 16.6. The van der Waals surface area contributed by atoms with Gasteiger partial charge in [0.25, 0.3) is 0 Å². The fourth-order valence-electron chi connectivity index (χ4n) is 3.61. The highest BCUT2D eigenvalue weighted by molar-refractivity contribution is 5.88. The summed E-state index contributed by atoms with van der Waals surface area (Å²) in [7, 11) is 0. The SMILES string of the molecule is O=C(NNc1ncnc(N2CCOCC2)c1[N+](=O)[O-])C(c1ccccc1)c1ccccc1. The first-order chi connectivity index (χ1) is 15.6. The predicted molar refractivity (Wildman–Crippen MR) is 118 cm³/mol. The van der Waals surface area contributed by atoms with Crippen molar-refractivity contribution in [3.05, 3.63) is 88.2 Å². The zero-order valence-electron chi connectivity index (χ0n) is 17.2. The molecule has 10 heteroatoms. The van der Waals surface area contributed by atoms with Crippen LogP contribution in [0.2, 0.25) is 0 Å². The Kier molecular flexibility index (Phi) is 6.52. The highest BCUT2D eigenvalue weighted by Crippen LogP contribution is 2.32. The minimum absolute atomic E-state index is 0.0836. The van der Waals surface area contributed by atoms with Crippen LogP contribution >= 0.6 is 0 Å². The Labute approximate surface area is 184 Å². The number of amides is 1. The first kappa shape index (κ1) is 21.2. The number of hydrazine groups is 1. The molecule has 1 aliphatic rings. The van der Waals surface area contributed by atoms with Gasteiger partial charge in [-0.2, -0.15) is 0 Å². The van der Waals surface area contributed by atoms with Gasteiger partial charge in [0.05, 0.1) is 24.1 Å². The van der Waals surface area contributed by atoms with Gasteiger partial charge in [0.2, 0.25) is 17.5 Å². The number of nitro groups is 1. The van der Waals surface area contributed by atoms with E-state index in [1.165, 1.54) is 6.33 Å². The molecule has 1 fully saturated rings. The normalized spacial score (nSPS) is 13.6. The molecule has 0 radical (unpaired) electrons. The van der Waals surface area contributed by atoms with Crippen LogP contribution in [0.3, 0.4) is 0 Å². The summed E-state index contributed by atoms with van der Waals surface area (Å²) in [5.74, 6) is -0.875. The summed E-state index contributed by atoms with van der Waals surface area (Å²) < 4.78 is 5.31. The van der Waals surface area contributed by atoms with Crippen LogP contribution in [0.25, 0.3) is 0 Å². The van der Waals surface area contributed by atoms with Crippen molar-refractivity contribution >= 4 is 23.2 Å². The van der Waals surface area contributed by atoms with Crippen molar-refractivity contribution in [1.29, 1.82) is 0 Å². The van der Waals surface area contributed by atoms with Crippen molar-refractivity contribution in [2.24, 2.45) is 0 Å². The van der Waals surface area contributed by atoms with E-state index in [1.54, 1.807) is 4.90 Å². The molecule has 164 valence electrons. The van der Waals surface area contributed by atoms with Gasteiger partial charge in [0.1, 0.15) is 6.33 Å². The molecule has 0 saturated carbocycles. The van der Waals surface area contributed by atoms with Crippen molar-refractivity contribution in [3.8, 4) is 0 Å². The maximum Gasteiger partial charge on any atom is 0.355 e. The summed E-state index contributed by atoms with van der Waals surface area (Å²) in [6.45, 7) is 1.87. The Morgan fingerprint density at radius 3 is 2.16 bits per heavy atom. The second kappa shape index (κ2) is 9.84. The molecule has 2 aromatic carbocycles. The van der Waals surface area contributed by atoms with E-state index in [1.807, 2.05) is 60.7 Å². The van der Waals surface area contributed by atoms with E-state index in [-0.39, 0.29) is 23.2 Å². The van der Waals surface area contributed by atoms with E-state index in [2.05, 4.69) is 20.8 Å². The molecule has 1 aromatic heterocycles. The highest BCUT2D eigenvalue weighted by Gasteiger charge is 2.29. The zero-order chi connectivity index (χ0) is 22.3. The Morgan fingerprint density at radius 2 is 1.59 bits per heavy atom. The molecule has 0 bridgehead atoms. The van der Waals surface area contributed by atoms with Crippen molar-refractivity contribution in [3.63, 3.8) is 0 Å². The molecule has 0 spiro atoms. The van der Waals surface area contributed by atoms with E-state index in [0.717, 1.165) is 11.1 Å². The summed E-state index contributed by atoms with van der Waals surface area (Å²) in [5.41, 5.74) is 6.53. The molecule has 0 aliphatic carbocycles. The van der Waals surface area contributed by atoms with E-state index in [4.69, 9.17) is 4.74 Å². The van der Waals surface area contributed by atoms with E-state index >= 15 is 0 Å². The number of nitrogens with one attached hydrogen (secondary N) is 2. The third kappa shape index (κ3) is 4.65. The van der Waals surface area contributed by atoms with Crippen molar-refractivity contribution in [1.82, 2.24) is 15.4 Å². The van der Waals surface area contributed by atoms with Gasteiger partial charge in [-0.3, -0.25) is 25.8 Å². The standard InChI is InChI=1S/C22H22N6O4/c29-22(18(16-7-3-1-4-8-16)17-9-5-2-6-10-17)26-25-20-19(28(30)31)21(24-15-23-20)27-11-13-32-14-12-27/h1-10,15,18H,11-14H2,(H,26,29)(H,23,24,25). The topological polar surface area (TPSA) is 123 Å². The van der Waals surface area contributed by atoms with Crippen LogP contribution in [0.4, 0.5) is 17.3 Å². The number of carbonyl (C=O) groups excluding carboxylic acids is 1. The maximum atomic E-state index is 13.2. The van der Waals surface area contributed by atoms with Gasteiger partial charge in [-0.1, -0.05) is 60.7 Å². The van der Waals surface area contributed by atoms with E-state index in [9.17, 15) is 14.9 Å². The molecule has 10 nitrogen and oxygen atoms in total. The number of nitrogens with zero attached hydrogens (tertiary/aromatic N) is 4. The third-order valence-corrected chi connectivity index (χ3v) is 5.13. The average Bonchev–Trinajstić information content (AvgIpc) is 2.84. The Bertz CT molecular complexity index is 1030. The first-order valence-electron chi connectivity index (χ1n) is 10.1. The van der Waals surface area contributed by atoms with Crippen molar-refractivity contribution in [2.45, 2.75) is 5.92 Å². The molecule has 2 N–H and O–H groups in total. The molecule has 0 atom stereocenters. The number of ether oxygens (including phenoxy) is 1. The Morgan fingerprint density at radius 1 is 1.00 bits per heavy atom. The fourth-order valence-corrected chi connectivity index (χ4v) is 3.61. The molecule has 1 saturated heterocycles. The number of carbonyl (C=O) groups is 1. The predicted octanol–water partition coefficient (Wildman–Crippen LogP) is 2.50. The van der Waals surface area contributed by atoms with Crippen molar-refractivity contribution < 1.29 is 14.5 Å². The number of rotatable bonds is 7. The van der Waals surface area contributed by atoms with Gasteiger partial charge in [0.15, 0.2) is 0 Å². The quantitative estimate of drug-likeness (QED) is 0.430. The minimum atomic E-state index is -0.607. The second-order valence-corrected chi connectivity index (χ2v) is 7.12. The Hall–Kier alpha value is -4.05. The summed E-state index contributed by atoms with van der Waals surface area (Å²) >= 11 is 0. The lowest BCUT2D eigenvalue weighted by molar-refractivity contribution is -0.383. The van der Waals surface area contributed by atoms with Gasteiger partial charge in [-0.15, -0.1) is 0 Å². The van der Waals surface area contributed by atoms with Crippen LogP contribution < -0.4 is 15.8 Å². The van der Waals surface area contributed by atoms with E-state index in [0.29, 0.717) is 26.3 Å². The van der Waals surface area contributed by atoms with Crippen LogP contribution in [0.5, 0.6) is 0 Å². The number of anilines is 2. The fraction of sp³-hybridized carbons (Fsp3) is 0.227. The average molecular weight is 434 g/mol. The molecule has 4 rings (SSSR count). The second-order valence-electron chi connectivity index (χ2n) is 7.12. The molecule has 3 aromatic rings. The summed E-state index contributed by atoms with van der Waals surface area (Å²) in [5, 5.41) is 11.8. The molecule has 32 heavy (non-hydrogen) atoms. The Balaban J connectivity index is 1.59. The van der Waals surface area contributed by atoms with Crippen LogP contribution in [0.15, 0.2) is 67.0 Å². The zero-order valence-corrected chi connectivity index (χ0v) is 17.2. The van der Waals surface area contributed by atoms with Gasteiger partial charge >= 0.3 is 5.69 Å². The van der Waals surface area contributed by atoms with Crippen LogP contribution in [-0.2, 0) is 9.53 Å². The molecule has 1 aliphatic heterocycles.